The molecule has 0 radical (unpaired) electrons. The number of thiophene rings is 2. The van der Waals surface area contributed by atoms with Gasteiger partial charge in [-0.1, -0.05) is 25.5 Å². The molecule has 2 aromatic rings. The van der Waals surface area contributed by atoms with Crippen molar-refractivity contribution in [2.24, 2.45) is 5.92 Å². The zero-order chi connectivity index (χ0) is 11.7. The molecule has 2 heterocycles. The molecule has 17 heavy (non-hydrogen) atoms. The summed E-state index contributed by atoms with van der Waals surface area (Å²) in [4.78, 5) is 2.88. The fraction of sp³-hybridized carbons (Fsp3) is 0.429. The van der Waals surface area contributed by atoms with Crippen molar-refractivity contribution >= 4 is 22.7 Å². The van der Waals surface area contributed by atoms with Crippen molar-refractivity contribution in [3.05, 3.63) is 44.8 Å². The van der Waals surface area contributed by atoms with Crippen molar-refractivity contribution in [3.8, 4) is 0 Å². The number of rotatable bonds is 5. The van der Waals surface area contributed by atoms with Gasteiger partial charge in [-0.3, -0.25) is 0 Å². The molecule has 0 saturated heterocycles. The summed E-state index contributed by atoms with van der Waals surface area (Å²) in [7, 11) is 0. The Labute approximate surface area is 111 Å². The Hall–Kier alpha value is -0.640. The fourth-order valence-electron chi connectivity index (χ4n) is 2.33. The van der Waals surface area contributed by atoms with Crippen molar-refractivity contribution in [2.75, 3.05) is 0 Å². The minimum atomic E-state index is 0.413. The largest absolute Gasteiger partial charge is 0.302 e. The molecule has 1 saturated carbocycles. The molecule has 0 aromatic carbocycles. The van der Waals surface area contributed by atoms with Gasteiger partial charge >= 0.3 is 0 Å². The van der Waals surface area contributed by atoms with Gasteiger partial charge in [0, 0.05) is 15.8 Å². The van der Waals surface area contributed by atoms with Crippen LogP contribution in [-0.2, 0) is 0 Å². The summed E-state index contributed by atoms with van der Waals surface area (Å²) in [6.45, 7) is 2.29. The maximum atomic E-state index is 3.82. The lowest BCUT2D eigenvalue weighted by molar-refractivity contribution is 0.574. The first-order valence-electron chi connectivity index (χ1n) is 6.21. The van der Waals surface area contributed by atoms with Crippen LogP contribution in [0, 0.1) is 5.92 Å². The Kier molecular flexibility index (Phi) is 3.32. The van der Waals surface area contributed by atoms with Gasteiger partial charge < -0.3 is 5.32 Å². The van der Waals surface area contributed by atoms with Crippen LogP contribution >= 0.6 is 22.7 Å². The van der Waals surface area contributed by atoms with Crippen molar-refractivity contribution in [1.29, 1.82) is 0 Å². The Bertz CT molecular complexity index is 412. The second kappa shape index (κ2) is 4.92. The predicted octanol–water partition coefficient (Wildman–Crippen LogP) is 4.29. The van der Waals surface area contributed by atoms with E-state index in [0.717, 1.165) is 12.0 Å². The monoisotopic (exact) mass is 263 g/mol. The summed E-state index contributed by atoms with van der Waals surface area (Å²) in [5.41, 5.74) is 0. The van der Waals surface area contributed by atoms with Crippen LogP contribution < -0.4 is 5.32 Å². The second-order valence-electron chi connectivity index (χ2n) is 4.64. The second-order valence-corrected chi connectivity index (χ2v) is 6.60. The third kappa shape index (κ3) is 2.46. The van der Waals surface area contributed by atoms with Crippen molar-refractivity contribution in [2.45, 2.75) is 31.8 Å². The van der Waals surface area contributed by atoms with Crippen LogP contribution in [0.5, 0.6) is 0 Å². The Morgan fingerprint density at radius 2 is 1.88 bits per heavy atom. The summed E-state index contributed by atoms with van der Waals surface area (Å²) < 4.78 is 0. The smallest absolute Gasteiger partial charge is 0.0767 e. The highest BCUT2D eigenvalue weighted by molar-refractivity contribution is 7.11. The van der Waals surface area contributed by atoms with Crippen LogP contribution in [0.25, 0.3) is 0 Å². The van der Waals surface area contributed by atoms with E-state index >= 15 is 0 Å². The molecular formula is C14H17NS2. The SMILES string of the molecule is CCC1CC1NC(c1cccs1)c1cccs1. The quantitative estimate of drug-likeness (QED) is 0.848. The zero-order valence-corrected chi connectivity index (χ0v) is 11.6. The number of nitrogens with one attached hydrogen (secondary N) is 1. The van der Waals surface area contributed by atoms with Gasteiger partial charge in [-0.05, 0) is 35.2 Å². The van der Waals surface area contributed by atoms with E-state index in [1.807, 2.05) is 22.7 Å². The highest BCUT2D eigenvalue weighted by atomic mass is 32.1. The molecule has 0 amide bonds. The predicted molar refractivity (Wildman–Crippen MR) is 75.8 cm³/mol. The molecule has 1 nitrogen and oxygen atoms in total. The average molecular weight is 263 g/mol. The van der Waals surface area contributed by atoms with E-state index in [-0.39, 0.29) is 0 Å². The summed E-state index contributed by atoms with van der Waals surface area (Å²) in [5, 5.41) is 8.15. The Morgan fingerprint density at radius 1 is 1.24 bits per heavy atom. The molecule has 2 aromatic heterocycles. The number of hydrogen-bond acceptors (Lipinski definition) is 3. The van der Waals surface area contributed by atoms with Gasteiger partial charge in [0.1, 0.15) is 0 Å². The van der Waals surface area contributed by atoms with Crippen LogP contribution in [0.4, 0.5) is 0 Å². The van der Waals surface area contributed by atoms with Gasteiger partial charge in [0.15, 0.2) is 0 Å². The van der Waals surface area contributed by atoms with Crippen LogP contribution in [0.15, 0.2) is 35.0 Å². The third-order valence-corrected chi connectivity index (χ3v) is 5.36. The van der Waals surface area contributed by atoms with E-state index in [4.69, 9.17) is 0 Å². The minimum absolute atomic E-state index is 0.413. The number of hydrogen-bond donors (Lipinski definition) is 1. The molecule has 0 aliphatic heterocycles. The lowest BCUT2D eigenvalue weighted by Crippen LogP contribution is -2.24. The summed E-state index contributed by atoms with van der Waals surface area (Å²) in [6.07, 6.45) is 2.66. The van der Waals surface area contributed by atoms with Crippen molar-refractivity contribution in [3.63, 3.8) is 0 Å². The molecule has 1 aliphatic rings. The standard InChI is InChI=1S/C14H17NS2/c1-2-10-9-11(10)15-14(12-5-3-7-16-12)13-6-4-8-17-13/h3-8,10-11,14-15H,2,9H2,1H3. The average Bonchev–Trinajstić information content (AvgIpc) is 2.82. The molecule has 1 fully saturated rings. The lowest BCUT2D eigenvalue weighted by Gasteiger charge is -2.16. The fourth-order valence-corrected chi connectivity index (χ4v) is 4.01. The first kappa shape index (κ1) is 11.5. The summed E-state index contributed by atoms with van der Waals surface area (Å²) in [6, 6.07) is 9.92. The van der Waals surface area contributed by atoms with E-state index < -0.39 is 0 Å². The lowest BCUT2D eigenvalue weighted by atomic mass is 10.2. The maximum absolute atomic E-state index is 3.82. The molecule has 3 heteroatoms. The highest BCUT2D eigenvalue weighted by Crippen LogP contribution is 2.38. The van der Waals surface area contributed by atoms with Crippen LogP contribution in [-0.4, -0.2) is 6.04 Å². The first-order chi connectivity index (χ1) is 8.38. The molecule has 1 N–H and O–H groups in total. The Balaban J connectivity index is 1.78. The molecule has 1 aliphatic carbocycles. The van der Waals surface area contributed by atoms with E-state index in [0.29, 0.717) is 6.04 Å². The van der Waals surface area contributed by atoms with Gasteiger partial charge in [-0.25, -0.2) is 0 Å². The Morgan fingerprint density at radius 3 is 2.29 bits per heavy atom. The topological polar surface area (TPSA) is 12.0 Å². The van der Waals surface area contributed by atoms with E-state index in [1.165, 1.54) is 22.6 Å². The van der Waals surface area contributed by atoms with Crippen LogP contribution in [0.1, 0.15) is 35.6 Å². The highest BCUT2D eigenvalue weighted by Gasteiger charge is 2.37. The molecular weight excluding hydrogens is 246 g/mol. The van der Waals surface area contributed by atoms with E-state index in [1.54, 1.807) is 0 Å². The minimum Gasteiger partial charge on any atom is -0.302 e. The molecule has 90 valence electrons. The van der Waals surface area contributed by atoms with E-state index in [2.05, 4.69) is 47.3 Å². The molecule has 0 spiro atoms. The van der Waals surface area contributed by atoms with Gasteiger partial charge in [0.2, 0.25) is 0 Å². The van der Waals surface area contributed by atoms with Gasteiger partial charge in [0.25, 0.3) is 0 Å². The van der Waals surface area contributed by atoms with E-state index in [9.17, 15) is 0 Å². The van der Waals surface area contributed by atoms with Gasteiger partial charge in [-0.15, -0.1) is 22.7 Å². The van der Waals surface area contributed by atoms with Crippen LogP contribution in [0.3, 0.4) is 0 Å². The molecule has 2 unspecified atom stereocenters. The normalized spacial score (nSPS) is 23.2. The summed E-state index contributed by atoms with van der Waals surface area (Å²) in [5.74, 6) is 0.900. The van der Waals surface area contributed by atoms with Gasteiger partial charge in [-0.2, -0.15) is 0 Å². The van der Waals surface area contributed by atoms with Crippen molar-refractivity contribution < 1.29 is 0 Å². The first-order valence-corrected chi connectivity index (χ1v) is 7.97. The van der Waals surface area contributed by atoms with Crippen molar-refractivity contribution in [1.82, 2.24) is 5.32 Å². The summed E-state index contributed by atoms with van der Waals surface area (Å²) >= 11 is 3.70. The third-order valence-electron chi connectivity index (χ3n) is 3.48. The zero-order valence-electron chi connectivity index (χ0n) is 9.93. The maximum Gasteiger partial charge on any atom is 0.0767 e. The molecule has 0 bridgehead atoms. The van der Waals surface area contributed by atoms with Crippen LogP contribution in [0.2, 0.25) is 0 Å². The molecule has 2 atom stereocenters. The molecule has 3 rings (SSSR count). The van der Waals surface area contributed by atoms with Gasteiger partial charge in [0.05, 0.1) is 6.04 Å².